The molecule has 15 aromatic rings. The first kappa shape index (κ1) is 41.8. The summed E-state index contributed by atoms with van der Waals surface area (Å²) < 4.78 is 0. The van der Waals surface area contributed by atoms with Crippen molar-refractivity contribution in [2.24, 2.45) is 0 Å². The smallest absolute Gasteiger partial charge is 0.164 e. The molecular weight excluding hydrogens is 897 g/mol. The molecule has 0 aliphatic heterocycles. The standard InChI is InChI=1S/C70H42N4/c1-2-17-46-39-51(37-34-43(46)16-1)67-64-42-61(58-28-11-12-29-59(58)66(64)60-30-13-14-31-65(60)71-67)48-21-15-20-47(38-48)44-32-35-45(36-33-44)68-72-69(62-40-49-18-3-5-22-52(49)54-24-7-9-26-56(54)62)74-70(73-68)63-41-50-19-4-6-23-53(50)55-25-8-10-27-57(55)63/h1-42H. The number of pyridine rings is 1. The molecule has 0 atom stereocenters. The molecule has 342 valence electrons. The van der Waals surface area contributed by atoms with Crippen LogP contribution in [0.15, 0.2) is 255 Å². The van der Waals surface area contributed by atoms with Crippen molar-refractivity contribution in [3.05, 3.63) is 255 Å². The third-order valence-electron chi connectivity index (χ3n) is 15.0. The van der Waals surface area contributed by atoms with Gasteiger partial charge in [-0.15, -0.1) is 0 Å². The van der Waals surface area contributed by atoms with Gasteiger partial charge in [0.1, 0.15) is 0 Å². The Kier molecular flexibility index (Phi) is 9.54. The van der Waals surface area contributed by atoms with E-state index in [-0.39, 0.29) is 0 Å². The topological polar surface area (TPSA) is 51.6 Å². The largest absolute Gasteiger partial charge is 0.247 e. The van der Waals surface area contributed by atoms with Gasteiger partial charge in [-0.1, -0.05) is 218 Å². The van der Waals surface area contributed by atoms with Crippen LogP contribution in [0.1, 0.15) is 0 Å². The number of nitrogens with zero attached hydrogens (tertiary/aromatic N) is 4. The van der Waals surface area contributed by atoms with Crippen LogP contribution < -0.4 is 0 Å². The van der Waals surface area contributed by atoms with E-state index in [1.54, 1.807) is 0 Å². The predicted molar refractivity (Wildman–Crippen MR) is 310 cm³/mol. The lowest BCUT2D eigenvalue weighted by atomic mass is 9.89. The molecule has 0 aliphatic rings. The number of hydrogen-bond donors (Lipinski definition) is 0. The van der Waals surface area contributed by atoms with Crippen LogP contribution in [0.2, 0.25) is 0 Å². The zero-order chi connectivity index (χ0) is 48.7. The average molecular weight is 939 g/mol. The van der Waals surface area contributed by atoms with Gasteiger partial charge in [-0.25, -0.2) is 19.9 Å². The van der Waals surface area contributed by atoms with Crippen LogP contribution in [-0.4, -0.2) is 19.9 Å². The lowest BCUT2D eigenvalue weighted by molar-refractivity contribution is 1.08. The lowest BCUT2D eigenvalue weighted by Crippen LogP contribution is -2.01. The summed E-state index contributed by atoms with van der Waals surface area (Å²) in [5.41, 5.74) is 10.4. The normalized spacial score (nSPS) is 11.8. The second-order valence-corrected chi connectivity index (χ2v) is 19.3. The van der Waals surface area contributed by atoms with Crippen LogP contribution in [0, 0.1) is 0 Å². The van der Waals surface area contributed by atoms with E-state index in [1.165, 1.54) is 54.0 Å². The molecule has 2 aromatic heterocycles. The van der Waals surface area contributed by atoms with Crippen LogP contribution in [0.5, 0.6) is 0 Å². The maximum absolute atomic E-state index is 5.40. The maximum Gasteiger partial charge on any atom is 0.164 e. The number of para-hydroxylation sites is 1. The molecule has 2 heterocycles. The summed E-state index contributed by atoms with van der Waals surface area (Å²) in [6, 6.07) is 91.3. The highest BCUT2D eigenvalue weighted by Gasteiger charge is 2.20. The van der Waals surface area contributed by atoms with Gasteiger partial charge in [0.15, 0.2) is 17.5 Å². The Bertz CT molecular complexity index is 4650. The van der Waals surface area contributed by atoms with E-state index >= 15 is 0 Å². The van der Waals surface area contributed by atoms with Crippen LogP contribution in [-0.2, 0) is 0 Å². The molecule has 0 bridgehead atoms. The number of benzene rings is 13. The second kappa shape index (κ2) is 16.9. The second-order valence-electron chi connectivity index (χ2n) is 19.3. The van der Waals surface area contributed by atoms with Crippen molar-refractivity contribution in [2.45, 2.75) is 0 Å². The fourth-order valence-electron chi connectivity index (χ4n) is 11.5. The van der Waals surface area contributed by atoms with E-state index in [1.807, 2.05) is 0 Å². The Morgan fingerprint density at radius 1 is 0.203 bits per heavy atom. The molecule has 0 radical (unpaired) electrons. The average Bonchev–Trinajstić information content (AvgIpc) is 3.50. The fraction of sp³-hybridized carbons (Fsp3) is 0. The number of rotatable bonds is 6. The van der Waals surface area contributed by atoms with Crippen molar-refractivity contribution in [3.8, 4) is 67.7 Å². The van der Waals surface area contributed by atoms with E-state index in [4.69, 9.17) is 19.9 Å². The Labute approximate surface area is 426 Å². The lowest BCUT2D eigenvalue weighted by Gasteiger charge is -2.17. The van der Waals surface area contributed by atoms with Gasteiger partial charge in [0.25, 0.3) is 0 Å². The third-order valence-corrected chi connectivity index (χ3v) is 15.0. The van der Waals surface area contributed by atoms with E-state index in [9.17, 15) is 0 Å². The first-order valence-electron chi connectivity index (χ1n) is 25.2. The highest BCUT2D eigenvalue weighted by atomic mass is 15.0. The Morgan fingerprint density at radius 2 is 0.676 bits per heavy atom. The van der Waals surface area contributed by atoms with Crippen LogP contribution in [0.25, 0.3) is 154 Å². The summed E-state index contributed by atoms with van der Waals surface area (Å²) in [7, 11) is 0. The Morgan fingerprint density at radius 3 is 1.32 bits per heavy atom. The number of aromatic nitrogens is 4. The highest BCUT2D eigenvalue weighted by molar-refractivity contribution is 6.25. The molecule has 0 unspecified atom stereocenters. The molecule has 4 heteroatoms. The van der Waals surface area contributed by atoms with Gasteiger partial charge < -0.3 is 0 Å². The van der Waals surface area contributed by atoms with Crippen molar-refractivity contribution in [3.63, 3.8) is 0 Å². The van der Waals surface area contributed by atoms with Crippen molar-refractivity contribution < 1.29 is 0 Å². The minimum absolute atomic E-state index is 0.616. The summed E-state index contributed by atoms with van der Waals surface area (Å²) in [4.78, 5) is 21.5. The molecule has 4 nitrogen and oxygen atoms in total. The molecule has 0 saturated heterocycles. The van der Waals surface area contributed by atoms with Gasteiger partial charge in [-0.3, -0.25) is 0 Å². The third kappa shape index (κ3) is 6.84. The van der Waals surface area contributed by atoms with Gasteiger partial charge in [0, 0.05) is 38.4 Å². The summed E-state index contributed by atoms with van der Waals surface area (Å²) in [5, 5.41) is 17.5. The summed E-state index contributed by atoms with van der Waals surface area (Å²) in [6.45, 7) is 0. The first-order valence-corrected chi connectivity index (χ1v) is 25.2. The molecule has 0 fully saturated rings. The van der Waals surface area contributed by atoms with E-state index in [0.29, 0.717) is 17.5 Å². The highest BCUT2D eigenvalue weighted by Crippen LogP contribution is 2.44. The van der Waals surface area contributed by atoms with Crippen LogP contribution in [0.4, 0.5) is 0 Å². The summed E-state index contributed by atoms with van der Waals surface area (Å²) >= 11 is 0. The quantitative estimate of drug-likeness (QED) is 0.156. The molecule has 0 amide bonds. The SMILES string of the molecule is c1cc(-c2ccc(-c3nc(-c4cc5ccccc5c5ccccc45)nc(-c4cc5ccccc5c5ccccc45)n3)cc2)cc(-c2cc3c(-c4ccc5ccccc5c4)nc4ccccc4c3c3ccccc23)c1. The zero-order valence-electron chi connectivity index (χ0n) is 40.0. The minimum Gasteiger partial charge on any atom is -0.247 e. The molecule has 0 N–H and O–H groups in total. The minimum atomic E-state index is 0.616. The molecule has 74 heavy (non-hydrogen) atoms. The van der Waals surface area contributed by atoms with Crippen molar-refractivity contribution in [1.29, 1.82) is 0 Å². The monoisotopic (exact) mass is 938 g/mol. The molecular formula is C70H42N4. The van der Waals surface area contributed by atoms with Crippen LogP contribution >= 0.6 is 0 Å². The Hall–Kier alpha value is -9.90. The molecule has 0 saturated carbocycles. The van der Waals surface area contributed by atoms with E-state index in [2.05, 4.69) is 255 Å². The summed E-state index contributed by atoms with van der Waals surface area (Å²) in [6.07, 6.45) is 0. The fourth-order valence-corrected chi connectivity index (χ4v) is 11.5. The van der Waals surface area contributed by atoms with Crippen LogP contribution in [0.3, 0.4) is 0 Å². The van der Waals surface area contributed by atoms with Gasteiger partial charge in [-0.2, -0.15) is 0 Å². The van der Waals surface area contributed by atoms with Crippen molar-refractivity contribution in [1.82, 2.24) is 19.9 Å². The molecule has 15 rings (SSSR count). The number of fused-ring (bicyclic) bond motifs is 12. The van der Waals surface area contributed by atoms with Crippen molar-refractivity contribution >= 4 is 86.3 Å². The summed E-state index contributed by atoms with van der Waals surface area (Å²) in [5.74, 6) is 1.89. The van der Waals surface area contributed by atoms with Gasteiger partial charge in [0.05, 0.1) is 11.2 Å². The van der Waals surface area contributed by atoms with E-state index in [0.717, 1.165) is 82.5 Å². The Balaban J connectivity index is 0.880. The molecule has 0 spiro atoms. The predicted octanol–water partition coefficient (Wildman–Crippen LogP) is 18.5. The zero-order valence-corrected chi connectivity index (χ0v) is 40.0. The number of hydrogen-bond acceptors (Lipinski definition) is 4. The molecule has 13 aromatic carbocycles. The van der Waals surface area contributed by atoms with Gasteiger partial charge in [-0.05, 0) is 123 Å². The van der Waals surface area contributed by atoms with Crippen molar-refractivity contribution in [2.75, 3.05) is 0 Å². The maximum atomic E-state index is 5.40. The first-order chi connectivity index (χ1) is 36.7. The van der Waals surface area contributed by atoms with Gasteiger partial charge >= 0.3 is 0 Å². The molecule has 0 aliphatic carbocycles. The van der Waals surface area contributed by atoms with Gasteiger partial charge in [0.2, 0.25) is 0 Å². The van der Waals surface area contributed by atoms with E-state index < -0.39 is 0 Å².